The molecule has 1 aliphatic rings. The lowest BCUT2D eigenvalue weighted by Gasteiger charge is -2.24. The summed E-state index contributed by atoms with van der Waals surface area (Å²) in [5, 5.41) is 0. The predicted octanol–water partition coefficient (Wildman–Crippen LogP) is 2.45. The van der Waals surface area contributed by atoms with Crippen molar-refractivity contribution >= 4 is 5.78 Å². The zero-order valence-corrected chi connectivity index (χ0v) is 7.57. The summed E-state index contributed by atoms with van der Waals surface area (Å²) in [5.74, 6) is 0.894. The molecule has 1 aromatic rings. The van der Waals surface area contributed by atoms with E-state index in [9.17, 15) is 4.79 Å². The molecule has 2 rings (SSSR count). The van der Waals surface area contributed by atoms with E-state index in [2.05, 4.69) is 4.98 Å². The van der Waals surface area contributed by atoms with Crippen LogP contribution in [0.4, 0.5) is 0 Å². The van der Waals surface area contributed by atoms with Gasteiger partial charge in [0.15, 0.2) is 5.78 Å². The van der Waals surface area contributed by atoms with E-state index in [4.69, 9.17) is 0 Å². The third-order valence-electron chi connectivity index (χ3n) is 2.68. The largest absolute Gasteiger partial charge is 0.294 e. The Bertz CT molecular complexity index is 290. The van der Waals surface area contributed by atoms with Gasteiger partial charge in [-0.15, -0.1) is 0 Å². The van der Waals surface area contributed by atoms with Crippen LogP contribution in [-0.2, 0) is 0 Å². The number of pyridine rings is 1. The first-order valence-electron chi connectivity index (χ1n) is 4.79. The van der Waals surface area contributed by atoms with E-state index in [1.807, 2.05) is 12.1 Å². The monoisotopic (exact) mass is 175 g/mol. The molecule has 2 nitrogen and oxygen atoms in total. The molecule has 0 radical (unpaired) electrons. The maximum absolute atomic E-state index is 11.6. The van der Waals surface area contributed by atoms with Gasteiger partial charge in [-0.25, -0.2) is 0 Å². The Balaban J connectivity index is 1.97. The third-order valence-corrected chi connectivity index (χ3v) is 2.68. The van der Waals surface area contributed by atoms with Crippen molar-refractivity contribution in [2.45, 2.75) is 25.7 Å². The van der Waals surface area contributed by atoms with E-state index in [1.54, 1.807) is 12.4 Å². The molecular weight excluding hydrogens is 162 g/mol. The van der Waals surface area contributed by atoms with Crippen LogP contribution in [0.2, 0.25) is 0 Å². The topological polar surface area (TPSA) is 30.0 Å². The summed E-state index contributed by atoms with van der Waals surface area (Å²) in [6.45, 7) is 0. The summed E-state index contributed by atoms with van der Waals surface area (Å²) in [6.07, 6.45) is 7.82. The molecule has 0 saturated heterocycles. The molecule has 0 bridgehead atoms. The van der Waals surface area contributed by atoms with Crippen molar-refractivity contribution in [2.24, 2.45) is 5.92 Å². The highest BCUT2D eigenvalue weighted by molar-refractivity contribution is 5.95. The van der Waals surface area contributed by atoms with Crippen LogP contribution >= 0.6 is 0 Å². The minimum atomic E-state index is 0.248. The fourth-order valence-corrected chi connectivity index (χ4v) is 1.60. The van der Waals surface area contributed by atoms with Crippen molar-refractivity contribution < 1.29 is 4.79 Å². The molecule has 1 saturated carbocycles. The molecule has 0 aromatic carbocycles. The second-order valence-electron chi connectivity index (χ2n) is 3.67. The molecular formula is C11H13NO. The van der Waals surface area contributed by atoms with E-state index in [0.717, 1.165) is 5.56 Å². The number of carbonyl (C=O) groups excluding carboxylic acids is 1. The lowest BCUT2D eigenvalue weighted by Crippen LogP contribution is -2.15. The molecule has 1 heterocycles. The van der Waals surface area contributed by atoms with Crippen molar-refractivity contribution in [3.05, 3.63) is 30.1 Å². The Labute approximate surface area is 78.0 Å². The average molecular weight is 175 g/mol. The van der Waals surface area contributed by atoms with Gasteiger partial charge < -0.3 is 0 Å². The van der Waals surface area contributed by atoms with Crippen LogP contribution in [0.15, 0.2) is 24.5 Å². The van der Waals surface area contributed by atoms with E-state index in [-0.39, 0.29) is 5.78 Å². The van der Waals surface area contributed by atoms with E-state index >= 15 is 0 Å². The summed E-state index contributed by atoms with van der Waals surface area (Å²) in [4.78, 5) is 15.5. The van der Waals surface area contributed by atoms with Crippen LogP contribution in [0.5, 0.6) is 0 Å². The van der Waals surface area contributed by atoms with Gasteiger partial charge in [0.1, 0.15) is 0 Å². The van der Waals surface area contributed by atoms with Gasteiger partial charge in [-0.1, -0.05) is 19.3 Å². The minimum absolute atomic E-state index is 0.248. The van der Waals surface area contributed by atoms with Gasteiger partial charge in [0.25, 0.3) is 0 Å². The SMILES string of the molecule is O=C(CC1CCC1)c1cccnc1. The Morgan fingerprint density at radius 1 is 1.54 bits per heavy atom. The lowest BCUT2D eigenvalue weighted by atomic mass is 9.81. The number of hydrogen-bond donors (Lipinski definition) is 0. The molecule has 13 heavy (non-hydrogen) atoms. The molecule has 0 amide bonds. The van der Waals surface area contributed by atoms with Crippen molar-refractivity contribution in [1.82, 2.24) is 4.98 Å². The standard InChI is InChI=1S/C11H13NO/c13-11(7-9-3-1-4-9)10-5-2-6-12-8-10/h2,5-6,8-9H,1,3-4,7H2. The number of hydrogen-bond acceptors (Lipinski definition) is 2. The van der Waals surface area contributed by atoms with Gasteiger partial charge in [0.2, 0.25) is 0 Å². The van der Waals surface area contributed by atoms with Crippen LogP contribution in [0, 0.1) is 5.92 Å². The smallest absolute Gasteiger partial charge is 0.164 e. The number of nitrogens with zero attached hydrogens (tertiary/aromatic N) is 1. The summed E-state index contributed by atoms with van der Waals surface area (Å²) in [5.41, 5.74) is 0.759. The molecule has 0 aliphatic heterocycles. The maximum Gasteiger partial charge on any atom is 0.164 e. The number of ketones is 1. The Hall–Kier alpha value is -1.18. The number of carbonyl (C=O) groups is 1. The van der Waals surface area contributed by atoms with Crippen LogP contribution in [0.25, 0.3) is 0 Å². The van der Waals surface area contributed by atoms with Crippen molar-refractivity contribution in [1.29, 1.82) is 0 Å². The molecule has 0 spiro atoms. The quantitative estimate of drug-likeness (QED) is 0.660. The van der Waals surface area contributed by atoms with E-state index in [0.29, 0.717) is 12.3 Å². The summed E-state index contributed by atoms with van der Waals surface area (Å²) in [6, 6.07) is 3.65. The molecule has 0 N–H and O–H groups in total. The highest BCUT2D eigenvalue weighted by Gasteiger charge is 2.21. The van der Waals surface area contributed by atoms with E-state index < -0.39 is 0 Å². The van der Waals surface area contributed by atoms with Crippen LogP contribution in [-0.4, -0.2) is 10.8 Å². The van der Waals surface area contributed by atoms with Crippen molar-refractivity contribution in [3.63, 3.8) is 0 Å². The van der Waals surface area contributed by atoms with Crippen LogP contribution < -0.4 is 0 Å². The fourth-order valence-electron chi connectivity index (χ4n) is 1.60. The van der Waals surface area contributed by atoms with Crippen molar-refractivity contribution in [3.8, 4) is 0 Å². The van der Waals surface area contributed by atoms with Gasteiger partial charge in [0, 0.05) is 24.4 Å². The summed E-state index contributed by atoms with van der Waals surface area (Å²) >= 11 is 0. The number of Topliss-reactive ketones (excluding diaryl/α,β-unsaturated/α-hetero) is 1. The highest BCUT2D eigenvalue weighted by Crippen LogP contribution is 2.30. The molecule has 2 heteroatoms. The summed E-state index contributed by atoms with van der Waals surface area (Å²) in [7, 11) is 0. The highest BCUT2D eigenvalue weighted by atomic mass is 16.1. The first-order chi connectivity index (χ1) is 6.36. The molecule has 1 aliphatic carbocycles. The average Bonchev–Trinajstić information content (AvgIpc) is 2.12. The Morgan fingerprint density at radius 3 is 2.92 bits per heavy atom. The van der Waals surface area contributed by atoms with Crippen molar-refractivity contribution in [2.75, 3.05) is 0 Å². The second kappa shape index (κ2) is 3.69. The minimum Gasteiger partial charge on any atom is -0.294 e. The fraction of sp³-hybridized carbons (Fsp3) is 0.455. The molecule has 68 valence electrons. The predicted molar refractivity (Wildman–Crippen MR) is 50.5 cm³/mol. The number of rotatable bonds is 3. The molecule has 0 unspecified atom stereocenters. The molecule has 0 atom stereocenters. The van der Waals surface area contributed by atoms with Gasteiger partial charge >= 0.3 is 0 Å². The zero-order valence-electron chi connectivity index (χ0n) is 7.57. The zero-order chi connectivity index (χ0) is 9.10. The summed E-state index contributed by atoms with van der Waals surface area (Å²) < 4.78 is 0. The van der Waals surface area contributed by atoms with Gasteiger partial charge in [-0.3, -0.25) is 9.78 Å². The Kier molecular flexibility index (Phi) is 2.39. The van der Waals surface area contributed by atoms with Crippen LogP contribution in [0.3, 0.4) is 0 Å². The molecule has 1 aromatic heterocycles. The van der Waals surface area contributed by atoms with Crippen LogP contribution in [0.1, 0.15) is 36.0 Å². The lowest BCUT2D eigenvalue weighted by molar-refractivity contribution is 0.0936. The second-order valence-corrected chi connectivity index (χ2v) is 3.67. The van der Waals surface area contributed by atoms with Gasteiger partial charge in [0.05, 0.1) is 0 Å². The first kappa shape index (κ1) is 8.42. The van der Waals surface area contributed by atoms with Gasteiger partial charge in [-0.05, 0) is 18.1 Å². The normalized spacial score (nSPS) is 16.6. The molecule has 1 fully saturated rings. The third kappa shape index (κ3) is 1.94. The maximum atomic E-state index is 11.6. The number of aromatic nitrogens is 1. The first-order valence-corrected chi connectivity index (χ1v) is 4.79. The van der Waals surface area contributed by atoms with Gasteiger partial charge in [-0.2, -0.15) is 0 Å². The Morgan fingerprint density at radius 2 is 2.38 bits per heavy atom. The van der Waals surface area contributed by atoms with E-state index in [1.165, 1.54) is 19.3 Å².